The van der Waals surface area contributed by atoms with E-state index in [-0.39, 0.29) is 19.0 Å². The SMILES string of the molecule is CCOC(=O)Cc1ccc(CN)cc1OCc1cc(-c2cccc(CNC(=O)OC(C)(C)C)c2)c2occc2c1. The minimum Gasteiger partial charge on any atom is -0.489 e. The molecule has 0 saturated heterocycles. The maximum absolute atomic E-state index is 12.1. The van der Waals surface area contributed by atoms with Crippen molar-refractivity contribution in [2.45, 2.75) is 59.4 Å². The molecular weight excluding hydrogens is 508 g/mol. The molecule has 0 aliphatic carbocycles. The molecule has 1 aromatic heterocycles. The summed E-state index contributed by atoms with van der Waals surface area (Å²) >= 11 is 0. The fourth-order valence-electron chi connectivity index (χ4n) is 4.31. The Morgan fingerprint density at radius 3 is 2.55 bits per heavy atom. The molecule has 210 valence electrons. The van der Waals surface area contributed by atoms with Crippen molar-refractivity contribution in [3.05, 3.63) is 89.2 Å². The number of rotatable bonds is 10. The molecule has 0 aliphatic heterocycles. The maximum Gasteiger partial charge on any atom is 0.407 e. The molecule has 8 nitrogen and oxygen atoms in total. The van der Waals surface area contributed by atoms with Crippen molar-refractivity contribution in [1.82, 2.24) is 5.32 Å². The molecule has 4 rings (SSSR count). The summed E-state index contributed by atoms with van der Waals surface area (Å²) in [6, 6.07) is 19.5. The highest BCUT2D eigenvalue weighted by molar-refractivity contribution is 5.93. The second kappa shape index (κ2) is 12.7. The van der Waals surface area contributed by atoms with Crippen LogP contribution in [-0.4, -0.2) is 24.3 Å². The fraction of sp³-hybridized carbons (Fsp3) is 0.312. The number of carbonyl (C=O) groups excluding carboxylic acids is 2. The lowest BCUT2D eigenvalue weighted by Crippen LogP contribution is -2.32. The van der Waals surface area contributed by atoms with E-state index >= 15 is 0 Å². The van der Waals surface area contributed by atoms with E-state index in [1.54, 1.807) is 13.2 Å². The Hall–Kier alpha value is -4.30. The highest BCUT2D eigenvalue weighted by Gasteiger charge is 2.17. The molecule has 1 amide bonds. The number of ether oxygens (including phenoxy) is 3. The Bertz CT molecular complexity index is 1480. The van der Waals surface area contributed by atoms with E-state index in [1.807, 2.05) is 81.4 Å². The van der Waals surface area contributed by atoms with E-state index in [4.69, 9.17) is 24.4 Å². The molecular formula is C32H36N2O6. The number of nitrogens with two attached hydrogens (primary N) is 1. The smallest absolute Gasteiger partial charge is 0.407 e. The molecule has 0 atom stereocenters. The van der Waals surface area contributed by atoms with Gasteiger partial charge in [-0.2, -0.15) is 0 Å². The number of hydrogen-bond acceptors (Lipinski definition) is 7. The van der Waals surface area contributed by atoms with Crippen LogP contribution in [-0.2, 0) is 40.4 Å². The van der Waals surface area contributed by atoms with Crippen LogP contribution >= 0.6 is 0 Å². The summed E-state index contributed by atoms with van der Waals surface area (Å²) in [5.74, 6) is 0.288. The maximum atomic E-state index is 12.1. The molecule has 4 aromatic rings. The quantitative estimate of drug-likeness (QED) is 0.226. The van der Waals surface area contributed by atoms with Crippen LogP contribution < -0.4 is 15.8 Å². The summed E-state index contributed by atoms with van der Waals surface area (Å²) in [6.45, 7) is 8.55. The van der Waals surface area contributed by atoms with Crippen LogP contribution in [0.1, 0.15) is 49.9 Å². The number of carbonyl (C=O) groups is 2. The molecule has 40 heavy (non-hydrogen) atoms. The average molecular weight is 545 g/mol. The predicted octanol–water partition coefficient (Wildman–Crippen LogP) is 6.27. The van der Waals surface area contributed by atoms with E-state index in [9.17, 15) is 9.59 Å². The zero-order chi connectivity index (χ0) is 28.7. The van der Waals surface area contributed by atoms with Gasteiger partial charge in [-0.1, -0.05) is 30.3 Å². The molecule has 0 aliphatic rings. The Labute approximate surface area is 234 Å². The first-order valence-electron chi connectivity index (χ1n) is 13.3. The summed E-state index contributed by atoms with van der Waals surface area (Å²) in [5, 5.41) is 3.75. The van der Waals surface area contributed by atoms with Gasteiger partial charge in [0.25, 0.3) is 0 Å². The van der Waals surface area contributed by atoms with Crippen LogP contribution in [0, 0.1) is 0 Å². The average Bonchev–Trinajstić information content (AvgIpc) is 3.39. The molecule has 3 N–H and O–H groups in total. The van der Waals surface area contributed by atoms with Gasteiger partial charge in [-0.25, -0.2) is 4.79 Å². The first-order valence-corrected chi connectivity index (χ1v) is 13.3. The normalized spacial score (nSPS) is 11.3. The molecule has 0 radical (unpaired) electrons. The van der Waals surface area contributed by atoms with Gasteiger partial charge in [0.15, 0.2) is 0 Å². The summed E-state index contributed by atoms with van der Waals surface area (Å²) in [4.78, 5) is 24.3. The second-order valence-corrected chi connectivity index (χ2v) is 10.5. The largest absolute Gasteiger partial charge is 0.489 e. The van der Waals surface area contributed by atoms with Gasteiger partial charge < -0.3 is 29.7 Å². The summed E-state index contributed by atoms with van der Waals surface area (Å²) in [5.41, 5.74) is 11.4. The number of furan rings is 1. The topological polar surface area (TPSA) is 113 Å². The van der Waals surface area contributed by atoms with Gasteiger partial charge in [-0.05, 0) is 80.3 Å². The van der Waals surface area contributed by atoms with Gasteiger partial charge in [-0.3, -0.25) is 4.79 Å². The van der Waals surface area contributed by atoms with Crippen molar-refractivity contribution in [1.29, 1.82) is 0 Å². The molecule has 0 saturated carbocycles. The number of hydrogen-bond donors (Lipinski definition) is 2. The molecule has 0 bridgehead atoms. The molecule has 0 unspecified atom stereocenters. The van der Waals surface area contributed by atoms with Gasteiger partial charge in [0.2, 0.25) is 0 Å². The number of amides is 1. The summed E-state index contributed by atoms with van der Waals surface area (Å²) < 4.78 is 22.5. The van der Waals surface area contributed by atoms with Crippen LogP contribution in [0.3, 0.4) is 0 Å². The van der Waals surface area contributed by atoms with Crippen molar-refractivity contribution in [2.75, 3.05) is 6.61 Å². The lowest BCUT2D eigenvalue weighted by Gasteiger charge is -2.19. The van der Waals surface area contributed by atoms with Gasteiger partial charge >= 0.3 is 12.1 Å². The van der Waals surface area contributed by atoms with E-state index < -0.39 is 11.7 Å². The highest BCUT2D eigenvalue weighted by Crippen LogP contribution is 2.32. The minimum atomic E-state index is -0.565. The molecule has 1 heterocycles. The lowest BCUT2D eigenvalue weighted by molar-refractivity contribution is -0.142. The van der Waals surface area contributed by atoms with Gasteiger partial charge in [0, 0.05) is 29.6 Å². The molecule has 0 spiro atoms. The van der Waals surface area contributed by atoms with E-state index in [0.717, 1.165) is 44.3 Å². The first-order chi connectivity index (χ1) is 19.1. The van der Waals surface area contributed by atoms with Crippen molar-refractivity contribution in [3.8, 4) is 16.9 Å². The van der Waals surface area contributed by atoms with Crippen LogP contribution in [0.15, 0.2) is 71.3 Å². The predicted molar refractivity (Wildman–Crippen MR) is 154 cm³/mol. The second-order valence-electron chi connectivity index (χ2n) is 10.5. The first kappa shape index (κ1) is 28.7. The number of alkyl carbamates (subject to hydrolysis) is 1. The molecule has 8 heteroatoms. The zero-order valence-corrected chi connectivity index (χ0v) is 23.4. The standard InChI is InChI=1S/C32H36N2O6/c1-5-37-29(35)17-25-10-9-21(18-33)16-28(25)39-20-23-14-26-11-12-38-30(26)27(15-23)24-8-6-7-22(13-24)19-34-31(36)40-32(2,3)4/h6-16H,5,17-20,33H2,1-4H3,(H,34,36). The summed E-state index contributed by atoms with van der Waals surface area (Å²) in [6.07, 6.45) is 1.31. The van der Waals surface area contributed by atoms with Crippen molar-refractivity contribution in [2.24, 2.45) is 5.73 Å². The van der Waals surface area contributed by atoms with Crippen molar-refractivity contribution >= 4 is 23.0 Å². The van der Waals surface area contributed by atoms with E-state index in [1.165, 1.54) is 0 Å². The molecule has 0 fully saturated rings. The van der Waals surface area contributed by atoms with Gasteiger partial charge in [0.1, 0.15) is 23.5 Å². The van der Waals surface area contributed by atoms with Crippen molar-refractivity contribution in [3.63, 3.8) is 0 Å². The van der Waals surface area contributed by atoms with Crippen LogP contribution in [0.4, 0.5) is 4.79 Å². The minimum absolute atomic E-state index is 0.115. The number of nitrogens with one attached hydrogen (secondary N) is 1. The number of esters is 1. The van der Waals surface area contributed by atoms with Crippen LogP contribution in [0.2, 0.25) is 0 Å². The highest BCUT2D eigenvalue weighted by atomic mass is 16.6. The number of fused-ring (bicyclic) bond motifs is 1. The third-order valence-electron chi connectivity index (χ3n) is 6.09. The van der Waals surface area contributed by atoms with Crippen molar-refractivity contribution < 1.29 is 28.2 Å². The van der Waals surface area contributed by atoms with Gasteiger partial charge in [-0.15, -0.1) is 0 Å². The van der Waals surface area contributed by atoms with Crippen LogP contribution in [0.25, 0.3) is 22.1 Å². The van der Waals surface area contributed by atoms with E-state index in [2.05, 4.69) is 5.32 Å². The Balaban J connectivity index is 1.57. The fourth-order valence-corrected chi connectivity index (χ4v) is 4.31. The van der Waals surface area contributed by atoms with E-state index in [0.29, 0.717) is 25.4 Å². The summed E-state index contributed by atoms with van der Waals surface area (Å²) in [7, 11) is 0. The van der Waals surface area contributed by atoms with Crippen LogP contribution in [0.5, 0.6) is 5.75 Å². The van der Waals surface area contributed by atoms with Gasteiger partial charge in [0.05, 0.1) is 19.3 Å². The Morgan fingerprint density at radius 2 is 1.80 bits per heavy atom. The third-order valence-corrected chi connectivity index (χ3v) is 6.09. The monoisotopic (exact) mass is 544 g/mol. The Kier molecular flexibility index (Phi) is 9.11. The zero-order valence-electron chi connectivity index (χ0n) is 23.4. The third kappa shape index (κ3) is 7.64. The molecule has 3 aromatic carbocycles. The lowest BCUT2D eigenvalue weighted by atomic mass is 9.99. The Morgan fingerprint density at radius 1 is 0.975 bits per heavy atom. The number of benzene rings is 3.